The van der Waals surface area contributed by atoms with E-state index in [1.54, 1.807) is 0 Å². The highest BCUT2D eigenvalue weighted by Gasteiger charge is 2.27. The van der Waals surface area contributed by atoms with E-state index in [2.05, 4.69) is 59.0 Å². The number of benzene rings is 1. The topological polar surface area (TPSA) is 12.0 Å². The highest BCUT2D eigenvalue weighted by atomic mass is 35.5. The largest absolute Gasteiger partial charge is 0.305 e. The molecular formula is C17H28ClN. The molecule has 1 atom stereocenters. The van der Waals surface area contributed by atoms with E-state index < -0.39 is 0 Å². The first kappa shape index (κ1) is 16.5. The summed E-state index contributed by atoms with van der Waals surface area (Å²) in [5.41, 5.74) is 1.71. The Morgan fingerprint density at radius 2 is 1.79 bits per heavy atom. The first-order valence-electron chi connectivity index (χ1n) is 7.16. The minimum atomic E-state index is 0.112. The van der Waals surface area contributed by atoms with Crippen molar-refractivity contribution in [2.75, 3.05) is 0 Å². The third kappa shape index (κ3) is 5.97. The number of nitrogens with one attached hydrogen (secondary N) is 1. The zero-order valence-corrected chi connectivity index (χ0v) is 13.9. The molecule has 1 N–H and O–H groups in total. The summed E-state index contributed by atoms with van der Waals surface area (Å²) in [5, 5.41) is 4.60. The third-order valence-corrected chi connectivity index (χ3v) is 3.43. The van der Waals surface area contributed by atoms with Gasteiger partial charge in [-0.1, -0.05) is 51.4 Å². The average Bonchev–Trinajstić information content (AvgIpc) is 2.22. The summed E-state index contributed by atoms with van der Waals surface area (Å²) < 4.78 is 0. The van der Waals surface area contributed by atoms with Crippen LogP contribution in [0.5, 0.6) is 0 Å². The van der Waals surface area contributed by atoms with E-state index in [9.17, 15) is 0 Å². The molecule has 0 amide bonds. The van der Waals surface area contributed by atoms with Gasteiger partial charge >= 0.3 is 0 Å². The van der Waals surface area contributed by atoms with Crippen molar-refractivity contribution < 1.29 is 0 Å². The SMILES string of the molecule is CCC(NC(C)(C)CC(C)(C)C)c1cccc(Cl)c1. The van der Waals surface area contributed by atoms with E-state index in [0.29, 0.717) is 11.5 Å². The van der Waals surface area contributed by atoms with Gasteiger partial charge in [0.05, 0.1) is 0 Å². The first-order chi connectivity index (χ1) is 8.63. The molecule has 0 saturated carbocycles. The summed E-state index contributed by atoms with van der Waals surface area (Å²) in [7, 11) is 0. The molecule has 0 bridgehead atoms. The first-order valence-corrected chi connectivity index (χ1v) is 7.54. The Morgan fingerprint density at radius 3 is 2.26 bits per heavy atom. The molecule has 0 aliphatic carbocycles. The van der Waals surface area contributed by atoms with Crippen molar-refractivity contribution in [2.45, 2.75) is 66.0 Å². The van der Waals surface area contributed by atoms with Gasteiger partial charge in [-0.2, -0.15) is 0 Å². The van der Waals surface area contributed by atoms with Crippen LogP contribution in [0.15, 0.2) is 24.3 Å². The van der Waals surface area contributed by atoms with Crippen LogP contribution in [0, 0.1) is 5.41 Å². The Bertz CT molecular complexity index is 404. The molecule has 1 aromatic rings. The standard InChI is InChI=1S/C17H28ClN/c1-7-15(13-9-8-10-14(18)11-13)19-17(5,6)12-16(2,3)4/h8-11,15,19H,7,12H2,1-6H3. The summed E-state index contributed by atoms with van der Waals surface area (Å²) in [4.78, 5) is 0. The van der Waals surface area contributed by atoms with Crippen LogP contribution in [0.2, 0.25) is 5.02 Å². The van der Waals surface area contributed by atoms with Gasteiger partial charge in [-0.05, 0) is 49.8 Å². The van der Waals surface area contributed by atoms with Crippen molar-refractivity contribution in [2.24, 2.45) is 5.41 Å². The third-order valence-electron chi connectivity index (χ3n) is 3.20. The highest BCUT2D eigenvalue weighted by Crippen LogP contribution is 2.30. The fourth-order valence-electron chi connectivity index (χ4n) is 2.99. The molecule has 0 aliphatic heterocycles. The zero-order valence-electron chi connectivity index (χ0n) is 13.2. The van der Waals surface area contributed by atoms with Gasteiger partial charge < -0.3 is 5.32 Å². The molecule has 1 rings (SSSR count). The van der Waals surface area contributed by atoms with Crippen LogP contribution in [-0.4, -0.2) is 5.54 Å². The molecule has 1 unspecified atom stereocenters. The van der Waals surface area contributed by atoms with E-state index in [1.165, 1.54) is 5.56 Å². The molecule has 0 heterocycles. The maximum Gasteiger partial charge on any atom is 0.0409 e. The van der Waals surface area contributed by atoms with Gasteiger partial charge in [0.15, 0.2) is 0 Å². The summed E-state index contributed by atoms with van der Waals surface area (Å²) in [5.74, 6) is 0. The lowest BCUT2D eigenvalue weighted by molar-refractivity contribution is 0.220. The van der Waals surface area contributed by atoms with Crippen molar-refractivity contribution in [3.63, 3.8) is 0 Å². The van der Waals surface area contributed by atoms with E-state index in [0.717, 1.165) is 17.9 Å². The van der Waals surface area contributed by atoms with E-state index in [4.69, 9.17) is 11.6 Å². The Kier molecular flexibility index (Phi) is 5.46. The molecular weight excluding hydrogens is 254 g/mol. The number of rotatable bonds is 5. The van der Waals surface area contributed by atoms with Crippen LogP contribution in [0.4, 0.5) is 0 Å². The fraction of sp³-hybridized carbons (Fsp3) is 0.647. The molecule has 1 nitrogen and oxygen atoms in total. The molecule has 1 aromatic carbocycles. The van der Waals surface area contributed by atoms with E-state index >= 15 is 0 Å². The molecule has 0 fully saturated rings. The molecule has 2 heteroatoms. The van der Waals surface area contributed by atoms with Crippen molar-refractivity contribution >= 4 is 11.6 Å². The van der Waals surface area contributed by atoms with Crippen LogP contribution in [-0.2, 0) is 0 Å². The van der Waals surface area contributed by atoms with Crippen molar-refractivity contribution in [3.05, 3.63) is 34.9 Å². The van der Waals surface area contributed by atoms with Crippen LogP contribution < -0.4 is 5.32 Å². The lowest BCUT2D eigenvalue weighted by atomic mass is 9.81. The number of hydrogen-bond donors (Lipinski definition) is 1. The molecule has 0 spiro atoms. The molecule has 19 heavy (non-hydrogen) atoms. The van der Waals surface area contributed by atoms with Crippen LogP contribution in [0.1, 0.15) is 66.0 Å². The van der Waals surface area contributed by atoms with Gasteiger partial charge in [0.25, 0.3) is 0 Å². The minimum absolute atomic E-state index is 0.112. The summed E-state index contributed by atoms with van der Waals surface area (Å²) in [6.07, 6.45) is 2.20. The van der Waals surface area contributed by atoms with Gasteiger partial charge in [0.1, 0.15) is 0 Å². The Hall–Kier alpha value is -0.530. The lowest BCUT2D eigenvalue weighted by Crippen LogP contribution is -2.44. The van der Waals surface area contributed by atoms with Gasteiger partial charge in [-0.3, -0.25) is 0 Å². The highest BCUT2D eigenvalue weighted by molar-refractivity contribution is 6.30. The molecule has 108 valence electrons. The maximum atomic E-state index is 6.10. The normalized spacial score (nSPS) is 14.5. The predicted octanol–water partition coefficient (Wildman–Crippen LogP) is 5.60. The van der Waals surface area contributed by atoms with Gasteiger partial charge in [0.2, 0.25) is 0 Å². The van der Waals surface area contributed by atoms with E-state index in [1.807, 2.05) is 12.1 Å². The second-order valence-corrected chi connectivity index (χ2v) is 7.72. The average molecular weight is 282 g/mol. The van der Waals surface area contributed by atoms with Crippen LogP contribution in [0.3, 0.4) is 0 Å². The Morgan fingerprint density at radius 1 is 1.16 bits per heavy atom. The number of hydrogen-bond acceptors (Lipinski definition) is 1. The maximum absolute atomic E-state index is 6.10. The predicted molar refractivity (Wildman–Crippen MR) is 85.8 cm³/mol. The Labute approximate surface area is 123 Å². The van der Waals surface area contributed by atoms with Crippen LogP contribution >= 0.6 is 11.6 Å². The van der Waals surface area contributed by atoms with Crippen molar-refractivity contribution in [1.29, 1.82) is 0 Å². The second kappa shape index (κ2) is 6.28. The summed E-state index contributed by atoms with van der Waals surface area (Å²) in [6, 6.07) is 8.53. The lowest BCUT2D eigenvalue weighted by Gasteiger charge is -2.37. The van der Waals surface area contributed by atoms with Crippen LogP contribution in [0.25, 0.3) is 0 Å². The molecule has 0 aliphatic rings. The minimum Gasteiger partial charge on any atom is -0.305 e. The fourth-order valence-corrected chi connectivity index (χ4v) is 3.19. The van der Waals surface area contributed by atoms with Crippen molar-refractivity contribution in [3.8, 4) is 0 Å². The summed E-state index contributed by atoms with van der Waals surface area (Å²) >= 11 is 6.10. The van der Waals surface area contributed by atoms with Gasteiger partial charge in [-0.15, -0.1) is 0 Å². The summed E-state index contributed by atoms with van der Waals surface area (Å²) in [6.45, 7) is 13.6. The van der Waals surface area contributed by atoms with Gasteiger partial charge in [0, 0.05) is 16.6 Å². The number of halogens is 1. The zero-order chi connectivity index (χ0) is 14.7. The quantitative estimate of drug-likeness (QED) is 0.741. The van der Waals surface area contributed by atoms with E-state index in [-0.39, 0.29) is 5.54 Å². The van der Waals surface area contributed by atoms with Crippen molar-refractivity contribution in [1.82, 2.24) is 5.32 Å². The van der Waals surface area contributed by atoms with Gasteiger partial charge in [-0.25, -0.2) is 0 Å². The molecule has 0 radical (unpaired) electrons. The smallest absolute Gasteiger partial charge is 0.0409 e. The molecule has 0 aromatic heterocycles. The molecule has 0 saturated heterocycles. The monoisotopic (exact) mass is 281 g/mol. The Balaban J connectivity index is 2.82. The second-order valence-electron chi connectivity index (χ2n) is 7.28.